The maximum atomic E-state index is 10.8. The standard InChI is InChI=1S/C8H13N3O3/c1-2-5(3-4-12)9-8-10-6(13)7(14)11-8/h5,12H,2-4H2,1H3,(H2,9,10,11,13,14). The third-order valence-electron chi connectivity index (χ3n) is 1.92. The molecule has 1 fully saturated rings. The van der Waals surface area contributed by atoms with Gasteiger partial charge in [-0.25, -0.2) is 4.99 Å². The van der Waals surface area contributed by atoms with Crippen molar-refractivity contribution >= 4 is 17.8 Å². The van der Waals surface area contributed by atoms with Crippen LogP contribution in [0.25, 0.3) is 0 Å². The van der Waals surface area contributed by atoms with Crippen molar-refractivity contribution in [3.05, 3.63) is 0 Å². The molecule has 1 atom stereocenters. The smallest absolute Gasteiger partial charge is 0.316 e. The minimum Gasteiger partial charge on any atom is -0.396 e. The van der Waals surface area contributed by atoms with Crippen LogP contribution in [0.15, 0.2) is 4.99 Å². The number of carbonyl (C=O) groups is 2. The van der Waals surface area contributed by atoms with Crippen LogP contribution < -0.4 is 10.6 Å². The lowest BCUT2D eigenvalue weighted by Crippen LogP contribution is -2.28. The van der Waals surface area contributed by atoms with E-state index in [9.17, 15) is 9.59 Å². The topological polar surface area (TPSA) is 90.8 Å². The summed E-state index contributed by atoms with van der Waals surface area (Å²) in [4.78, 5) is 25.6. The average molecular weight is 199 g/mol. The van der Waals surface area contributed by atoms with E-state index >= 15 is 0 Å². The van der Waals surface area contributed by atoms with Crippen molar-refractivity contribution in [2.45, 2.75) is 25.8 Å². The highest BCUT2D eigenvalue weighted by Gasteiger charge is 2.25. The lowest BCUT2D eigenvalue weighted by molar-refractivity contribution is -0.135. The van der Waals surface area contributed by atoms with Crippen LogP contribution in [-0.4, -0.2) is 35.5 Å². The number of nitrogens with one attached hydrogen (secondary N) is 2. The number of guanidine groups is 1. The average Bonchev–Trinajstić information content (AvgIpc) is 2.45. The summed E-state index contributed by atoms with van der Waals surface area (Å²) in [6.07, 6.45) is 1.27. The van der Waals surface area contributed by atoms with Gasteiger partial charge in [0.25, 0.3) is 0 Å². The molecule has 1 rings (SSSR count). The van der Waals surface area contributed by atoms with Crippen molar-refractivity contribution < 1.29 is 14.7 Å². The number of hydrogen-bond acceptors (Lipinski definition) is 4. The summed E-state index contributed by atoms with van der Waals surface area (Å²) in [5, 5.41) is 13.3. The Balaban J connectivity index is 2.59. The van der Waals surface area contributed by atoms with Crippen molar-refractivity contribution in [2.24, 2.45) is 4.99 Å². The van der Waals surface area contributed by atoms with Gasteiger partial charge >= 0.3 is 11.8 Å². The summed E-state index contributed by atoms with van der Waals surface area (Å²) in [6, 6.07) is -0.0753. The zero-order valence-corrected chi connectivity index (χ0v) is 7.91. The zero-order chi connectivity index (χ0) is 10.6. The summed E-state index contributed by atoms with van der Waals surface area (Å²) < 4.78 is 0. The fraction of sp³-hybridized carbons (Fsp3) is 0.625. The maximum absolute atomic E-state index is 10.8. The molecule has 0 bridgehead atoms. The van der Waals surface area contributed by atoms with Gasteiger partial charge in [-0.15, -0.1) is 0 Å². The van der Waals surface area contributed by atoms with Gasteiger partial charge in [-0.2, -0.15) is 0 Å². The predicted molar refractivity (Wildman–Crippen MR) is 49.5 cm³/mol. The molecule has 6 heteroatoms. The second kappa shape index (κ2) is 4.71. The number of nitrogens with zero attached hydrogens (tertiary/aromatic N) is 1. The van der Waals surface area contributed by atoms with Crippen LogP contribution in [-0.2, 0) is 9.59 Å². The third-order valence-corrected chi connectivity index (χ3v) is 1.92. The highest BCUT2D eigenvalue weighted by Crippen LogP contribution is 2.02. The molecule has 0 aromatic carbocycles. The Bertz CT molecular complexity index is 257. The van der Waals surface area contributed by atoms with E-state index in [1.807, 2.05) is 6.92 Å². The maximum Gasteiger partial charge on any atom is 0.316 e. The molecule has 1 aliphatic heterocycles. The van der Waals surface area contributed by atoms with E-state index in [4.69, 9.17) is 5.11 Å². The number of amides is 2. The van der Waals surface area contributed by atoms with Gasteiger partial charge < -0.3 is 5.11 Å². The summed E-state index contributed by atoms with van der Waals surface area (Å²) in [6.45, 7) is 1.96. The lowest BCUT2D eigenvalue weighted by atomic mass is 10.2. The third kappa shape index (κ3) is 2.53. The van der Waals surface area contributed by atoms with Gasteiger partial charge in [-0.1, -0.05) is 6.92 Å². The number of carbonyl (C=O) groups excluding carboxylic acids is 2. The lowest BCUT2D eigenvalue weighted by Gasteiger charge is -2.08. The van der Waals surface area contributed by atoms with Crippen molar-refractivity contribution in [1.29, 1.82) is 0 Å². The minimum absolute atomic E-state index is 0.0389. The normalized spacial score (nSPS) is 17.7. The first kappa shape index (κ1) is 10.6. The largest absolute Gasteiger partial charge is 0.396 e. The predicted octanol–water partition coefficient (Wildman–Crippen LogP) is -1.25. The Morgan fingerprint density at radius 2 is 1.93 bits per heavy atom. The minimum atomic E-state index is -0.692. The monoisotopic (exact) mass is 199 g/mol. The van der Waals surface area contributed by atoms with Crippen LogP contribution in [0.2, 0.25) is 0 Å². The van der Waals surface area contributed by atoms with Crippen LogP contribution in [0.3, 0.4) is 0 Å². The summed E-state index contributed by atoms with van der Waals surface area (Å²) in [5.41, 5.74) is 0. The molecule has 2 amide bonds. The first-order chi connectivity index (χ1) is 6.67. The highest BCUT2D eigenvalue weighted by molar-refractivity contribution is 6.45. The molecule has 1 unspecified atom stereocenters. The first-order valence-corrected chi connectivity index (χ1v) is 4.48. The van der Waals surface area contributed by atoms with Gasteiger partial charge in [-0.05, 0) is 12.8 Å². The molecule has 0 radical (unpaired) electrons. The molecule has 1 saturated heterocycles. The van der Waals surface area contributed by atoms with Crippen LogP contribution in [0.1, 0.15) is 19.8 Å². The van der Waals surface area contributed by atoms with Crippen molar-refractivity contribution in [1.82, 2.24) is 10.6 Å². The Labute approximate surface area is 81.4 Å². The molecule has 0 aromatic rings. The van der Waals surface area contributed by atoms with Crippen LogP contribution in [0.5, 0.6) is 0 Å². The molecule has 6 nitrogen and oxygen atoms in total. The first-order valence-electron chi connectivity index (χ1n) is 4.48. The van der Waals surface area contributed by atoms with E-state index in [1.165, 1.54) is 0 Å². The van der Waals surface area contributed by atoms with E-state index in [-0.39, 0.29) is 18.6 Å². The molecule has 78 valence electrons. The second-order valence-corrected chi connectivity index (χ2v) is 2.96. The molecular formula is C8H13N3O3. The summed E-state index contributed by atoms with van der Waals surface area (Å²) >= 11 is 0. The van der Waals surface area contributed by atoms with E-state index < -0.39 is 11.8 Å². The van der Waals surface area contributed by atoms with E-state index in [0.29, 0.717) is 6.42 Å². The van der Waals surface area contributed by atoms with Crippen LogP contribution >= 0.6 is 0 Å². The van der Waals surface area contributed by atoms with Crippen LogP contribution in [0, 0.1) is 0 Å². The molecule has 14 heavy (non-hydrogen) atoms. The molecular weight excluding hydrogens is 186 g/mol. The van der Waals surface area contributed by atoms with Gasteiger partial charge in [0.15, 0.2) is 0 Å². The van der Waals surface area contributed by atoms with E-state index in [0.717, 1.165) is 6.42 Å². The highest BCUT2D eigenvalue weighted by atomic mass is 16.3. The summed E-state index contributed by atoms with van der Waals surface area (Å²) in [5.74, 6) is -1.20. The number of aliphatic hydroxyl groups is 1. The molecule has 1 heterocycles. The van der Waals surface area contributed by atoms with E-state index in [1.54, 1.807) is 0 Å². The van der Waals surface area contributed by atoms with E-state index in [2.05, 4.69) is 15.6 Å². The Hall–Kier alpha value is -1.43. The molecule has 3 N–H and O–H groups in total. The van der Waals surface area contributed by atoms with Crippen molar-refractivity contribution in [3.63, 3.8) is 0 Å². The molecule has 0 aliphatic carbocycles. The Morgan fingerprint density at radius 1 is 1.36 bits per heavy atom. The number of rotatable bonds is 4. The molecule has 0 spiro atoms. The number of aliphatic hydroxyl groups excluding tert-OH is 1. The fourth-order valence-corrected chi connectivity index (χ4v) is 1.12. The van der Waals surface area contributed by atoms with Gasteiger partial charge in [-0.3, -0.25) is 20.2 Å². The van der Waals surface area contributed by atoms with Crippen molar-refractivity contribution in [2.75, 3.05) is 6.61 Å². The zero-order valence-electron chi connectivity index (χ0n) is 7.91. The van der Waals surface area contributed by atoms with Gasteiger partial charge in [0.05, 0.1) is 6.04 Å². The van der Waals surface area contributed by atoms with Crippen LogP contribution in [0.4, 0.5) is 0 Å². The van der Waals surface area contributed by atoms with Crippen molar-refractivity contribution in [3.8, 4) is 0 Å². The molecule has 0 saturated carbocycles. The second-order valence-electron chi connectivity index (χ2n) is 2.96. The van der Waals surface area contributed by atoms with Gasteiger partial charge in [0.2, 0.25) is 5.96 Å². The SMILES string of the molecule is CCC(CCO)N=C1NC(=O)C(=O)N1. The Kier molecular flexibility index (Phi) is 3.58. The molecule has 0 aromatic heterocycles. The fourth-order valence-electron chi connectivity index (χ4n) is 1.12. The molecule has 1 aliphatic rings. The Morgan fingerprint density at radius 3 is 2.36 bits per heavy atom. The summed E-state index contributed by atoms with van der Waals surface area (Å²) in [7, 11) is 0. The quantitative estimate of drug-likeness (QED) is 0.494. The van der Waals surface area contributed by atoms with Gasteiger partial charge in [0, 0.05) is 6.61 Å². The number of aliphatic imine (C=N–C) groups is 1. The number of hydrogen-bond donors (Lipinski definition) is 3. The van der Waals surface area contributed by atoms with Gasteiger partial charge in [0.1, 0.15) is 0 Å².